The van der Waals surface area contributed by atoms with Crippen molar-refractivity contribution in [2.75, 3.05) is 0 Å². The third kappa shape index (κ3) is 2.63. The highest BCUT2D eigenvalue weighted by Gasteiger charge is 2.31. The van der Waals surface area contributed by atoms with Crippen molar-refractivity contribution >= 4 is 11.0 Å². The molecule has 5 nitrogen and oxygen atoms in total. The zero-order valence-corrected chi connectivity index (χ0v) is 16.1. The Bertz CT molecular complexity index is 1150. The average molecular weight is 376 g/mol. The Hall–Kier alpha value is -3.02. The summed E-state index contributed by atoms with van der Waals surface area (Å²) >= 11 is 0. The molecule has 5 rings (SSSR count). The van der Waals surface area contributed by atoms with Crippen molar-refractivity contribution in [3.8, 4) is 11.1 Å². The topological polar surface area (TPSA) is 56.7 Å². The smallest absolute Gasteiger partial charge is 0.169 e. The molecule has 0 radical (unpaired) electrons. The van der Waals surface area contributed by atoms with Crippen molar-refractivity contribution in [3.63, 3.8) is 0 Å². The second-order valence-electron chi connectivity index (χ2n) is 7.55. The minimum Gasteiger partial charge on any atom is -0.361 e. The van der Waals surface area contributed by atoms with Gasteiger partial charge in [-0.2, -0.15) is 0 Å². The molecule has 1 aromatic carbocycles. The molecular weight excluding hydrogens is 355 g/mol. The third-order valence-electron chi connectivity index (χ3n) is 5.52. The fourth-order valence-electron chi connectivity index (χ4n) is 4.03. The third-order valence-corrected chi connectivity index (χ3v) is 5.52. The first-order chi connectivity index (χ1) is 13.5. The van der Waals surface area contributed by atoms with Crippen LogP contribution in [0.1, 0.15) is 53.5 Å². The lowest BCUT2D eigenvalue weighted by atomic mass is 9.97. The lowest BCUT2D eigenvalue weighted by molar-refractivity contribution is 0.393. The van der Waals surface area contributed by atoms with Crippen molar-refractivity contribution in [3.05, 3.63) is 65.1 Å². The van der Waals surface area contributed by atoms with Gasteiger partial charge in [0.05, 0.1) is 22.4 Å². The van der Waals surface area contributed by atoms with E-state index >= 15 is 4.39 Å². The van der Waals surface area contributed by atoms with E-state index in [0.717, 1.165) is 52.3 Å². The number of hydrogen-bond donors (Lipinski definition) is 0. The number of halogens is 1. The molecule has 0 aliphatic heterocycles. The Morgan fingerprint density at radius 1 is 1.21 bits per heavy atom. The van der Waals surface area contributed by atoms with Crippen LogP contribution in [0.3, 0.4) is 0 Å². The summed E-state index contributed by atoms with van der Waals surface area (Å²) in [5.74, 6) is 2.22. The van der Waals surface area contributed by atoms with Crippen LogP contribution in [0.25, 0.3) is 22.2 Å². The van der Waals surface area contributed by atoms with Crippen molar-refractivity contribution < 1.29 is 8.91 Å². The van der Waals surface area contributed by atoms with E-state index in [1.807, 2.05) is 39.1 Å². The van der Waals surface area contributed by atoms with Gasteiger partial charge in [-0.15, -0.1) is 0 Å². The number of aromatic nitrogens is 4. The normalized spacial score (nSPS) is 15.3. The van der Waals surface area contributed by atoms with Crippen LogP contribution in [0, 0.1) is 13.8 Å². The maximum Gasteiger partial charge on any atom is 0.169 e. The van der Waals surface area contributed by atoms with Gasteiger partial charge in [-0.25, -0.2) is 9.37 Å². The SMILES string of the molecule is Cc1noc(C)c1-c1cc(C(F)c2ccccn2)c2c(c1)nc(C1CC1)n2C. The predicted molar refractivity (Wildman–Crippen MR) is 105 cm³/mol. The Morgan fingerprint density at radius 2 is 2.04 bits per heavy atom. The van der Waals surface area contributed by atoms with Crippen LogP contribution in [0.5, 0.6) is 0 Å². The Morgan fingerprint density at radius 3 is 2.68 bits per heavy atom. The molecule has 0 spiro atoms. The van der Waals surface area contributed by atoms with Gasteiger partial charge in [0, 0.05) is 30.3 Å². The van der Waals surface area contributed by atoms with E-state index in [9.17, 15) is 0 Å². The Labute approximate surface area is 162 Å². The van der Waals surface area contributed by atoms with Crippen LogP contribution in [-0.2, 0) is 7.05 Å². The molecule has 0 bridgehead atoms. The Balaban J connectivity index is 1.78. The van der Waals surface area contributed by atoms with E-state index < -0.39 is 6.17 Å². The number of benzene rings is 1. The number of hydrogen-bond acceptors (Lipinski definition) is 4. The standard InChI is InChI=1S/C22H21FN4O/c1-12-19(13(2)28-26-12)15-10-16(20(23)17-6-4-5-9-24-17)21-18(11-15)25-22(27(21)3)14-7-8-14/h4-6,9-11,14,20H,7-8H2,1-3H3. The molecule has 1 unspecified atom stereocenters. The largest absolute Gasteiger partial charge is 0.361 e. The predicted octanol–water partition coefficient (Wildman–Crippen LogP) is 5.18. The average Bonchev–Trinajstić information content (AvgIpc) is 3.42. The highest BCUT2D eigenvalue weighted by Crippen LogP contribution is 2.43. The quantitative estimate of drug-likeness (QED) is 0.493. The molecule has 3 aromatic heterocycles. The summed E-state index contributed by atoms with van der Waals surface area (Å²) in [7, 11) is 1.98. The van der Waals surface area contributed by atoms with Gasteiger partial charge in [0.25, 0.3) is 0 Å². The second kappa shape index (κ2) is 6.26. The summed E-state index contributed by atoms with van der Waals surface area (Å²) in [6.07, 6.45) is 2.56. The molecule has 3 heterocycles. The van der Waals surface area contributed by atoms with E-state index in [4.69, 9.17) is 9.51 Å². The van der Waals surface area contributed by atoms with Gasteiger partial charge in [0.15, 0.2) is 6.17 Å². The lowest BCUT2D eigenvalue weighted by Gasteiger charge is -2.13. The van der Waals surface area contributed by atoms with E-state index in [-0.39, 0.29) is 0 Å². The number of fused-ring (bicyclic) bond motifs is 1. The van der Waals surface area contributed by atoms with Gasteiger partial charge in [-0.05, 0) is 56.5 Å². The first kappa shape index (κ1) is 17.1. The van der Waals surface area contributed by atoms with Gasteiger partial charge in [0.1, 0.15) is 11.6 Å². The van der Waals surface area contributed by atoms with Gasteiger partial charge >= 0.3 is 0 Å². The summed E-state index contributed by atoms with van der Waals surface area (Å²) in [6, 6.07) is 9.23. The summed E-state index contributed by atoms with van der Waals surface area (Å²) < 4.78 is 23.1. The van der Waals surface area contributed by atoms with Crippen molar-refractivity contribution in [1.82, 2.24) is 19.7 Å². The van der Waals surface area contributed by atoms with Gasteiger partial charge in [-0.3, -0.25) is 4.98 Å². The van der Waals surface area contributed by atoms with E-state index in [1.54, 1.807) is 18.3 Å². The number of aryl methyl sites for hydroxylation is 3. The zero-order chi connectivity index (χ0) is 19.4. The summed E-state index contributed by atoms with van der Waals surface area (Å²) in [4.78, 5) is 9.10. The summed E-state index contributed by atoms with van der Waals surface area (Å²) in [6.45, 7) is 3.77. The minimum atomic E-state index is -1.34. The molecule has 4 aromatic rings. The molecule has 1 fully saturated rings. The number of rotatable bonds is 4. The molecular formula is C22H21FN4O. The number of imidazole rings is 1. The fraction of sp³-hybridized carbons (Fsp3) is 0.318. The van der Waals surface area contributed by atoms with Crippen molar-refractivity contribution in [2.45, 2.75) is 38.8 Å². The molecule has 142 valence electrons. The molecule has 1 aliphatic carbocycles. The van der Waals surface area contributed by atoms with E-state index in [1.165, 1.54) is 0 Å². The van der Waals surface area contributed by atoms with Crippen LogP contribution >= 0.6 is 0 Å². The highest BCUT2D eigenvalue weighted by molar-refractivity contribution is 5.87. The fourth-order valence-corrected chi connectivity index (χ4v) is 4.03. The molecule has 28 heavy (non-hydrogen) atoms. The maximum absolute atomic E-state index is 15.7. The van der Waals surface area contributed by atoms with Crippen LogP contribution in [0.4, 0.5) is 4.39 Å². The number of nitrogens with zero attached hydrogens (tertiary/aromatic N) is 4. The van der Waals surface area contributed by atoms with Crippen LogP contribution in [0.2, 0.25) is 0 Å². The van der Waals surface area contributed by atoms with E-state index in [0.29, 0.717) is 17.2 Å². The molecule has 1 aliphatic rings. The Kier molecular flexibility index (Phi) is 3.82. The van der Waals surface area contributed by atoms with Crippen LogP contribution < -0.4 is 0 Å². The first-order valence-electron chi connectivity index (χ1n) is 9.53. The molecule has 1 atom stereocenters. The van der Waals surface area contributed by atoms with Crippen LogP contribution in [0.15, 0.2) is 41.1 Å². The highest BCUT2D eigenvalue weighted by atomic mass is 19.1. The van der Waals surface area contributed by atoms with Crippen molar-refractivity contribution in [1.29, 1.82) is 0 Å². The molecule has 0 N–H and O–H groups in total. The number of pyridine rings is 1. The first-order valence-corrected chi connectivity index (χ1v) is 9.53. The molecule has 0 amide bonds. The second-order valence-corrected chi connectivity index (χ2v) is 7.55. The molecule has 1 saturated carbocycles. The molecule has 0 saturated heterocycles. The zero-order valence-electron chi connectivity index (χ0n) is 16.1. The van der Waals surface area contributed by atoms with Crippen molar-refractivity contribution in [2.24, 2.45) is 7.05 Å². The van der Waals surface area contributed by atoms with Crippen LogP contribution in [-0.4, -0.2) is 19.7 Å². The van der Waals surface area contributed by atoms with Gasteiger partial charge < -0.3 is 9.09 Å². The van der Waals surface area contributed by atoms with E-state index in [2.05, 4.69) is 14.7 Å². The van der Waals surface area contributed by atoms with Gasteiger partial charge in [0.2, 0.25) is 0 Å². The number of alkyl halides is 1. The maximum atomic E-state index is 15.7. The monoisotopic (exact) mass is 376 g/mol. The van der Waals surface area contributed by atoms with Gasteiger partial charge in [-0.1, -0.05) is 11.2 Å². The summed E-state index contributed by atoms with van der Waals surface area (Å²) in [5, 5.41) is 4.06. The summed E-state index contributed by atoms with van der Waals surface area (Å²) in [5.41, 5.74) is 5.16. The minimum absolute atomic E-state index is 0.397. The molecule has 6 heteroatoms. The lowest BCUT2D eigenvalue weighted by Crippen LogP contribution is -2.03.